The third kappa shape index (κ3) is 3.20. The second-order valence-corrected chi connectivity index (χ2v) is 7.02. The van der Waals surface area contributed by atoms with Gasteiger partial charge in [0.1, 0.15) is 0 Å². The van der Waals surface area contributed by atoms with Crippen LogP contribution >= 0.6 is 11.5 Å². The molecule has 1 nitrogen and oxygen atoms in total. The fraction of sp³-hybridized carbons (Fsp3) is 0.438. The maximum absolute atomic E-state index is 4.36. The van der Waals surface area contributed by atoms with Crippen molar-refractivity contribution in [2.45, 2.75) is 41.0 Å². The summed E-state index contributed by atoms with van der Waals surface area (Å²) < 4.78 is 4.36. The summed E-state index contributed by atoms with van der Waals surface area (Å²) in [4.78, 5) is 1.27. The van der Waals surface area contributed by atoms with E-state index in [2.05, 4.69) is 56.3 Å². The second kappa shape index (κ2) is 4.85. The van der Waals surface area contributed by atoms with Crippen LogP contribution in [0.4, 0.5) is 0 Å². The quantitative estimate of drug-likeness (QED) is 0.738. The zero-order chi connectivity index (χ0) is 13.3. The van der Waals surface area contributed by atoms with Crippen molar-refractivity contribution in [2.24, 2.45) is 5.41 Å². The van der Waals surface area contributed by atoms with Gasteiger partial charge in [-0.2, -0.15) is 4.37 Å². The van der Waals surface area contributed by atoms with Gasteiger partial charge in [-0.15, -0.1) is 0 Å². The second-order valence-electron chi connectivity index (χ2n) is 6.22. The largest absolute Gasteiger partial charge is 0.197 e. The van der Waals surface area contributed by atoms with E-state index in [9.17, 15) is 0 Å². The minimum Gasteiger partial charge on any atom is -0.197 e. The summed E-state index contributed by atoms with van der Waals surface area (Å²) in [6, 6.07) is 8.97. The van der Waals surface area contributed by atoms with E-state index in [0.717, 1.165) is 12.1 Å². The van der Waals surface area contributed by atoms with Crippen molar-refractivity contribution in [3.63, 3.8) is 0 Å². The van der Waals surface area contributed by atoms with Gasteiger partial charge >= 0.3 is 0 Å². The van der Waals surface area contributed by atoms with Gasteiger partial charge in [-0.25, -0.2) is 0 Å². The van der Waals surface area contributed by atoms with E-state index in [-0.39, 0.29) is 0 Å². The number of rotatable bonds is 2. The average Bonchev–Trinajstić information content (AvgIpc) is 2.62. The van der Waals surface area contributed by atoms with Crippen LogP contribution in [0.15, 0.2) is 24.3 Å². The minimum atomic E-state index is 0.342. The molecule has 96 valence electrons. The Labute approximate surface area is 114 Å². The summed E-state index contributed by atoms with van der Waals surface area (Å²) in [5.74, 6) is 0. The maximum Gasteiger partial charge on any atom is 0.0555 e. The normalized spacial score (nSPS) is 11.8. The summed E-state index contributed by atoms with van der Waals surface area (Å²) in [6.07, 6.45) is 1.12. The zero-order valence-corrected chi connectivity index (χ0v) is 12.7. The molecule has 18 heavy (non-hydrogen) atoms. The lowest BCUT2D eigenvalue weighted by Gasteiger charge is -2.18. The molecule has 0 amide bonds. The number of hydrogen-bond donors (Lipinski definition) is 0. The molecule has 0 aliphatic rings. The number of benzene rings is 1. The molecule has 1 aromatic carbocycles. The smallest absolute Gasteiger partial charge is 0.0555 e. The Hall–Kier alpha value is -1.15. The van der Waals surface area contributed by atoms with Crippen LogP contribution in [0, 0.1) is 19.3 Å². The molecule has 0 N–H and O–H groups in total. The molecule has 0 atom stereocenters. The Morgan fingerprint density at radius 1 is 1.11 bits per heavy atom. The summed E-state index contributed by atoms with van der Waals surface area (Å²) in [7, 11) is 0. The van der Waals surface area contributed by atoms with Crippen molar-refractivity contribution >= 4 is 11.5 Å². The lowest BCUT2D eigenvalue weighted by Crippen LogP contribution is -2.09. The molecule has 1 heterocycles. The third-order valence-electron chi connectivity index (χ3n) is 2.92. The summed E-state index contributed by atoms with van der Waals surface area (Å²) >= 11 is 1.59. The summed E-state index contributed by atoms with van der Waals surface area (Å²) in [5.41, 5.74) is 5.53. The van der Waals surface area contributed by atoms with Crippen molar-refractivity contribution in [3.8, 4) is 10.4 Å². The van der Waals surface area contributed by atoms with Gasteiger partial charge in [-0.05, 0) is 60.0 Å². The Kier molecular flexibility index (Phi) is 3.58. The van der Waals surface area contributed by atoms with Crippen LogP contribution in [0.2, 0.25) is 0 Å². The van der Waals surface area contributed by atoms with E-state index >= 15 is 0 Å². The molecular formula is C16H21NS. The highest BCUT2D eigenvalue weighted by molar-refractivity contribution is 7.09. The maximum atomic E-state index is 4.36. The van der Waals surface area contributed by atoms with Crippen molar-refractivity contribution in [3.05, 3.63) is 41.1 Å². The number of nitrogens with zero attached hydrogens (tertiary/aromatic N) is 1. The van der Waals surface area contributed by atoms with E-state index in [1.165, 1.54) is 21.6 Å². The number of aryl methyl sites for hydroxylation is 2. The molecule has 0 unspecified atom stereocenters. The van der Waals surface area contributed by atoms with Crippen molar-refractivity contribution in [1.29, 1.82) is 0 Å². The number of aromatic nitrogens is 1. The summed E-state index contributed by atoms with van der Waals surface area (Å²) in [5, 5.41) is 0. The predicted octanol–water partition coefficient (Wildman–Crippen LogP) is 5.02. The Morgan fingerprint density at radius 3 is 2.33 bits per heavy atom. The standard InChI is InChI=1S/C16H21NS/c1-11-8-13(10-16(3,4)5)6-7-14(11)15-9-12(2)17-18-15/h6-9H,10H2,1-5H3. The van der Waals surface area contributed by atoms with Crippen molar-refractivity contribution in [2.75, 3.05) is 0 Å². The Bertz CT molecular complexity index is 546. The van der Waals surface area contributed by atoms with Crippen molar-refractivity contribution in [1.82, 2.24) is 4.37 Å². The molecule has 0 fully saturated rings. The first kappa shape index (κ1) is 13.3. The van der Waals surface area contributed by atoms with Crippen LogP contribution in [0.3, 0.4) is 0 Å². The lowest BCUT2D eigenvalue weighted by atomic mass is 9.87. The fourth-order valence-electron chi connectivity index (χ4n) is 2.22. The van der Waals surface area contributed by atoms with Crippen LogP contribution in [-0.4, -0.2) is 4.37 Å². The van der Waals surface area contributed by atoms with Crippen LogP contribution in [0.25, 0.3) is 10.4 Å². The molecule has 0 spiro atoms. The molecule has 0 aliphatic heterocycles. The highest BCUT2D eigenvalue weighted by Crippen LogP contribution is 2.30. The predicted molar refractivity (Wildman–Crippen MR) is 80.2 cm³/mol. The SMILES string of the molecule is Cc1cc(-c2ccc(CC(C)(C)C)cc2C)sn1. The highest BCUT2D eigenvalue weighted by Gasteiger charge is 2.12. The summed E-state index contributed by atoms with van der Waals surface area (Å²) in [6.45, 7) is 11.1. The highest BCUT2D eigenvalue weighted by atomic mass is 32.1. The van der Waals surface area contributed by atoms with Crippen LogP contribution in [0.1, 0.15) is 37.6 Å². The Balaban J connectivity index is 2.31. The van der Waals surface area contributed by atoms with Gasteiger partial charge in [0.05, 0.1) is 10.6 Å². The fourth-order valence-corrected chi connectivity index (χ4v) is 3.06. The van der Waals surface area contributed by atoms with Gasteiger partial charge in [0.15, 0.2) is 0 Å². The molecule has 0 aliphatic carbocycles. The molecule has 0 saturated heterocycles. The molecule has 0 saturated carbocycles. The molecule has 1 aromatic heterocycles. The van der Waals surface area contributed by atoms with Crippen LogP contribution in [0.5, 0.6) is 0 Å². The van der Waals surface area contributed by atoms with Gasteiger partial charge in [0.25, 0.3) is 0 Å². The van der Waals surface area contributed by atoms with Gasteiger partial charge in [0.2, 0.25) is 0 Å². The molecule has 2 rings (SSSR count). The molecule has 2 aromatic rings. The monoisotopic (exact) mass is 259 g/mol. The zero-order valence-electron chi connectivity index (χ0n) is 11.9. The molecule has 0 radical (unpaired) electrons. The van der Waals surface area contributed by atoms with Crippen molar-refractivity contribution < 1.29 is 0 Å². The van der Waals surface area contributed by atoms with E-state index in [0.29, 0.717) is 5.41 Å². The van der Waals surface area contributed by atoms with Gasteiger partial charge < -0.3 is 0 Å². The van der Waals surface area contributed by atoms with E-state index in [1.54, 1.807) is 11.5 Å². The Morgan fingerprint density at radius 2 is 1.83 bits per heavy atom. The van der Waals surface area contributed by atoms with Gasteiger partial charge in [0, 0.05) is 0 Å². The topological polar surface area (TPSA) is 12.9 Å². The third-order valence-corrected chi connectivity index (χ3v) is 3.83. The first-order valence-corrected chi connectivity index (χ1v) is 7.16. The average molecular weight is 259 g/mol. The minimum absolute atomic E-state index is 0.342. The molecule has 2 heteroatoms. The first-order chi connectivity index (χ1) is 8.35. The van der Waals surface area contributed by atoms with E-state index < -0.39 is 0 Å². The number of hydrogen-bond acceptors (Lipinski definition) is 2. The molecule has 0 bridgehead atoms. The first-order valence-electron chi connectivity index (χ1n) is 6.38. The lowest BCUT2D eigenvalue weighted by molar-refractivity contribution is 0.411. The van der Waals surface area contributed by atoms with Crippen LogP contribution in [-0.2, 0) is 6.42 Å². The van der Waals surface area contributed by atoms with Crippen LogP contribution < -0.4 is 0 Å². The van der Waals surface area contributed by atoms with Gasteiger partial charge in [-0.3, -0.25) is 0 Å². The van der Waals surface area contributed by atoms with Gasteiger partial charge in [-0.1, -0.05) is 39.0 Å². The molecular weight excluding hydrogens is 238 g/mol. The van der Waals surface area contributed by atoms with E-state index in [1.807, 2.05) is 6.92 Å². The van der Waals surface area contributed by atoms with E-state index in [4.69, 9.17) is 0 Å².